The maximum Gasteiger partial charge on any atom is 0.105 e. The zero-order valence-corrected chi connectivity index (χ0v) is 7.70. The lowest BCUT2D eigenvalue weighted by atomic mass is 10.0. The van der Waals surface area contributed by atoms with Gasteiger partial charge < -0.3 is 4.74 Å². The van der Waals surface area contributed by atoms with Gasteiger partial charge in [0.25, 0.3) is 0 Å². The molecular weight excluding hydrogens is 160 g/mol. The lowest BCUT2D eigenvalue weighted by molar-refractivity contribution is 0.0161. The lowest BCUT2D eigenvalue weighted by Gasteiger charge is -2.29. The van der Waals surface area contributed by atoms with Gasteiger partial charge in [-0.2, -0.15) is 0 Å². The van der Waals surface area contributed by atoms with Crippen LogP contribution in [0.25, 0.3) is 0 Å². The molecule has 1 aliphatic heterocycles. The Morgan fingerprint density at radius 1 is 1.31 bits per heavy atom. The van der Waals surface area contributed by atoms with Gasteiger partial charge in [0.15, 0.2) is 0 Å². The van der Waals surface area contributed by atoms with Crippen molar-refractivity contribution in [2.24, 2.45) is 0 Å². The van der Waals surface area contributed by atoms with E-state index >= 15 is 0 Å². The summed E-state index contributed by atoms with van der Waals surface area (Å²) in [6.07, 6.45) is 3.70. The Morgan fingerprint density at radius 2 is 2.00 bits per heavy atom. The molecule has 0 radical (unpaired) electrons. The Morgan fingerprint density at radius 3 is 2.62 bits per heavy atom. The third-order valence-corrected chi connectivity index (χ3v) is 2.39. The standard InChI is InChI=1S/C12H14O/c1-10-9-12(13-10)8-7-11-5-3-2-4-6-11/h2-6,12H,1,7-9H2. The molecule has 1 atom stereocenters. The third kappa shape index (κ3) is 2.11. The second-order valence-corrected chi connectivity index (χ2v) is 3.51. The first-order valence-corrected chi connectivity index (χ1v) is 4.73. The second-order valence-electron chi connectivity index (χ2n) is 3.51. The van der Waals surface area contributed by atoms with Crippen LogP contribution in [0.3, 0.4) is 0 Å². The third-order valence-electron chi connectivity index (χ3n) is 2.39. The molecule has 68 valence electrons. The van der Waals surface area contributed by atoms with E-state index in [4.69, 9.17) is 4.74 Å². The van der Waals surface area contributed by atoms with Crippen molar-refractivity contribution in [2.45, 2.75) is 25.4 Å². The topological polar surface area (TPSA) is 9.23 Å². The molecule has 0 spiro atoms. The average Bonchev–Trinajstić information content (AvgIpc) is 2.12. The Labute approximate surface area is 79.0 Å². The molecule has 0 aromatic heterocycles. The van der Waals surface area contributed by atoms with Crippen LogP contribution in [0.15, 0.2) is 42.7 Å². The van der Waals surface area contributed by atoms with Crippen molar-refractivity contribution in [1.82, 2.24) is 0 Å². The highest BCUT2D eigenvalue weighted by Crippen LogP contribution is 2.26. The lowest BCUT2D eigenvalue weighted by Crippen LogP contribution is -2.24. The van der Waals surface area contributed by atoms with Crippen molar-refractivity contribution in [3.63, 3.8) is 0 Å². The van der Waals surface area contributed by atoms with Crippen LogP contribution in [0.5, 0.6) is 0 Å². The highest BCUT2D eigenvalue weighted by atomic mass is 16.5. The largest absolute Gasteiger partial charge is 0.495 e. The van der Waals surface area contributed by atoms with E-state index in [0.29, 0.717) is 6.10 Å². The minimum absolute atomic E-state index is 0.424. The molecule has 1 aliphatic rings. The van der Waals surface area contributed by atoms with E-state index in [0.717, 1.165) is 25.0 Å². The minimum atomic E-state index is 0.424. The summed E-state index contributed by atoms with van der Waals surface area (Å²) in [6.45, 7) is 3.74. The van der Waals surface area contributed by atoms with Gasteiger partial charge in [0.05, 0.1) is 5.76 Å². The van der Waals surface area contributed by atoms with Gasteiger partial charge in [-0.25, -0.2) is 0 Å². The van der Waals surface area contributed by atoms with Gasteiger partial charge in [-0.3, -0.25) is 0 Å². The van der Waals surface area contributed by atoms with Crippen LogP contribution in [0.2, 0.25) is 0 Å². The molecule has 0 bridgehead atoms. The van der Waals surface area contributed by atoms with Gasteiger partial charge in [0.1, 0.15) is 6.10 Å². The normalized spacial score (nSPS) is 20.6. The van der Waals surface area contributed by atoms with E-state index in [2.05, 4.69) is 30.8 Å². The second kappa shape index (κ2) is 3.65. The average molecular weight is 174 g/mol. The predicted octanol–water partition coefficient (Wildman–Crippen LogP) is 2.92. The van der Waals surface area contributed by atoms with E-state index in [-0.39, 0.29) is 0 Å². The van der Waals surface area contributed by atoms with Gasteiger partial charge in [-0.1, -0.05) is 36.9 Å². The molecule has 1 fully saturated rings. The molecule has 2 rings (SSSR count). The zero-order chi connectivity index (χ0) is 9.10. The van der Waals surface area contributed by atoms with Gasteiger partial charge in [-0.15, -0.1) is 0 Å². The molecular formula is C12H14O. The van der Waals surface area contributed by atoms with Crippen molar-refractivity contribution < 1.29 is 4.74 Å². The van der Waals surface area contributed by atoms with Crippen molar-refractivity contribution in [3.05, 3.63) is 48.2 Å². The fourth-order valence-electron chi connectivity index (χ4n) is 1.61. The molecule has 1 aromatic carbocycles. The number of rotatable bonds is 3. The fraction of sp³-hybridized carbons (Fsp3) is 0.333. The van der Waals surface area contributed by atoms with Crippen LogP contribution in [0.1, 0.15) is 18.4 Å². The van der Waals surface area contributed by atoms with Crippen molar-refractivity contribution in [2.75, 3.05) is 0 Å². The van der Waals surface area contributed by atoms with Crippen molar-refractivity contribution >= 4 is 0 Å². The molecule has 1 heterocycles. The smallest absolute Gasteiger partial charge is 0.105 e. The SMILES string of the molecule is C=C1CC(CCc2ccccc2)O1. The molecule has 1 saturated heterocycles. The summed E-state index contributed by atoms with van der Waals surface area (Å²) in [5.74, 6) is 0.943. The quantitative estimate of drug-likeness (QED) is 0.684. The number of aryl methyl sites for hydroxylation is 1. The van der Waals surface area contributed by atoms with Crippen LogP contribution < -0.4 is 0 Å². The molecule has 0 aliphatic carbocycles. The number of hydrogen-bond acceptors (Lipinski definition) is 1. The Hall–Kier alpha value is -1.24. The van der Waals surface area contributed by atoms with Gasteiger partial charge in [0, 0.05) is 6.42 Å². The summed E-state index contributed by atoms with van der Waals surface area (Å²) >= 11 is 0. The first-order chi connectivity index (χ1) is 6.34. The summed E-state index contributed by atoms with van der Waals surface area (Å²) in [4.78, 5) is 0. The number of hydrogen-bond donors (Lipinski definition) is 0. The monoisotopic (exact) mass is 174 g/mol. The first-order valence-electron chi connectivity index (χ1n) is 4.73. The molecule has 1 aromatic rings. The van der Waals surface area contributed by atoms with E-state index in [1.54, 1.807) is 0 Å². The molecule has 1 heteroatoms. The Bertz CT molecular complexity index is 281. The van der Waals surface area contributed by atoms with Crippen molar-refractivity contribution in [3.8, 4) is 0 Å². The summed E-state index contributed by atoms with van der Waals surface area (Å²) in [5, 5.41) is 0. The summed E-state index contributed by atoms with van der Waals surface area (Å²) in [5.41, 5.74) is 1.39. The first kappa shape index (κ1) is 8.36. The fourth-order valence-corrected chi connectivity index (χ4v) is 1.61. The van der Waals surface area contributed by atoms with Crippen LogP contribution in [-0.4, -0.2) is 6.10 Å². The van der Waals surface area contributed by atoms with Gasteiger partial charge in [0.2, 0.25) is 0 Å². The van der Waals surface area contributed by atoms with Crippen LogP contribution in [0, 0.1) is 0 Å². The van der Waals surface area contributed by atoms with E-state index in [1.807, 2.05) is 6.07 Å². The minimum Gasteiger partial charge on any atom is -0.495 e. The van der Waals surface area contributed by atoms with Gasteiger partial charge in [-0.05, 0) is 18.4 Å². The number of ether oxygens (including phenoxy) is 1. The van der Waals surface area contributed by atoms with Crippen LogP contribution in [0.4, 0.5) is 0 Å². The maximum absolute atomic E-state index is 5.37. The van der Waals surface area contributed by atoms with Crippen molar-refractivity contribution in [1.29, 1.82) is 0 Å². The molecule has 1 unspecified atom stereocenters. The molecule has 0 N–H and O–H groups in total. The molecule has 0 amide bonds. The summed E-state index contributed by atoms with van der Waals surface area (Å²) < 4.78 is 5.37. The summed E-state index contributed by atoms with van der Waals surface area (Å²) in [7, 11) is 0. The van der Waals surface area contributed by atoms with Crippen LogP contribution >= 0.6 is 0 Å². The molecule has 1 nitrogen and oxygen atoms in total. The van der Waals surface area contributed by atoms with E-state index < -0.39 is 0 Å². The zero-order valence-electron chi connectivity index (χ0n) is 7.70. The van der Waals surface area contributed by atoms with E-state index in [9.17, 15) is 0 Å². The van der Waals surface area contributed by atoms with E-state index in [1.165, 1.54) is 5.56 Å². The number of benzene rings is 1. The predicted molar refractivity (Wildman–Crippen MR) is 53.4 cm³/mol. The molecule has 13 heavy (non-hydrogen) atoms. The van der Waals surface area contributed by atoms with Gasteiger partial charge >= 0.3 is 0 Å². The maximum atomic E-state index is 5.37. The Balaban J connectivity index is 1.77. The highest BCUT2D eigenvalue weighted by Gasteiger charge is 2.22. The summed E-state index contributed by atoms with van der Waals surface area (Å²) in [6, 6.07) is 10.5. The van der Waals surface area contributed by atoms with Crippen LogP contribution in [-0.2, 0) is 11.2 Å². The Kier molecular flexibility index (Phi) is 2.35. The highest BCUT2D eigenvalue weighted by molar-refractivity contribution is 5.15. The molecule has 0 saturated carbocycles.